The van der Waals surface area contributed by atoms with Gasteiger partial charge in [0.05, 0.1) is 0 Å². The van der Waals surface area contributed by atoms with Crippen LogP contribution in [0.4, 0.5) is 5.69 Å². The second kappa shape index (κ2) is 5.98. The van der Waals surface area contributed by atoms with Gasteiger partial charge in [-0.3, -0.25) is 4.79 Å². The van der Waals surface area contributed by atoms with Gasteiger partial charge in [0.25, 0.3) is 0 Å². The Morgan fingerprint density at radius 1 is 1.39 bits per heavy atom. The van der Waals surface area contributed by atoms with Crippen LogP contribution in [0.1, 0.15) is 24.0 Å². The Bertz CT molecular complexity index is 432. The lowest BCUT2D eigenvalue weighted by Gasteiger charge is -2.29. The van der Waals surface area contributed by atoms with Crippen LogP contribution in [0.2, 0.25) is 0 Å². The number of aliphatic hydroxyl groups excluding tert-OH is 1. The van der Waals surface area contributed by atoms with Gasteiger partial charge < -0.3 is 15.3 Å². The minimum atomic E-state index is 0.122. The SMILES string of the molecule is CNCc1ccc2c(c1)CCC(=O)N2CCCO. The lowest BCUT2D eigenvalue weighted by molar-refractivity contribution is -0.118. The third-order valence-electron chi connectivity index (χ3n) is 3.26. The number of carbonyl (C=O) groups excluding carboxylic acids is 1. The van der Waals surface area contributed by atoms with E-state index in [2.05, 4.69) is 17.4 Å². The summed E-state index contributed by atoms with van der Waals surface area (Å²) in [7, 11) is 1.93. The smallest absolute Gasteiger partial charge is 0.227 e. The summed E-state index contributed by atoms with van der Waals surface area (Å²) in [6.07, 6.45) is 2.02. The van der Waals surface area contributed by atoms with Crippen LogP contribution in [0.25, 0.3) is 0 Å². The summed E-state index contributed by atoms with van der Waals surface area (Å²) >= 11 is 0. The first-order valence-corrected chi connectivity index (χ1v) is 6.44. The van der Waals surface area contributed by atoms with E-state index in [0.717, 1.165) is 18.7 Å². The third-order valence-corrected chi connectivity index (χ3v) is 3.26. The van der Waals surface area contributed by atoms with Crippen molar-refractivity contribution in [1.82, 2.24) is 5.32 Å². The van der Waals surface area contributed by atoms with Crippen molar-refractivity contribution in [3.63, 3.8) is 0 Å². The molecule has 2 N–H and O–H groups in total. The topological polar surface area (TPSA) is 52.6 Å². The van der Waals surface area contributed by atoms with Gasteiger partial charge in [-0.2, -0.15) is 0 Å². The van der Waals surface area contributed by atoms with E-state index in [-0.39, 0.29) is 12.5 Å². The van der Waals surface area contributed by atoms with E-state index < -0.39 is 0 Å². The number of hydrogen-bond donors (Lipinski definition) is 2. The molecule has 0 spiro atoms. The number of fused-ring (bicyclic) bond motifs is 1. The third kappa shape index (κ3) is 2.71. The molecule has 4 nitrogen and oxygen atoms in total. The molecule has 4 heteroatoms. The standard InChI is InChI=1S/C14H20N2O2/c1-15-10-11-3-5-13-12(9-11)4-6-14(18)16(13)7-2-8-17/h3,5,9,15,17H,2,4,6-8,10H2,1H3. The Labute approximate surface area is 108 Å². The van der Waals surface area contributed by atoms with E-state index in [1.807, 2.05) is 13.1 Å². The zero-order valence-corrected chi connectivity index (χ0v) is 10.8. The zero-order valence-electron chi connectivity index (χ0n) is 10.8. The van der Waals surface area contributed by atoms with Crippen molar-refractivity contribution in [2.24, 2.45) is 0 Å². The number of aliphatic hydroxyl groups is 1. The van der Waals surface area contributed by atoms with Crippen molar-refractivity contribution >= 4 is 11.6 Å². The minimum absolute atomic E-state index is 0.122. The van der Waals surface area contributed by atoms with Crippen LogP contribution in [0.15, 0.2) is 18.2 Å². The minimum Gasteiger partial charge on any atom is -0.396 e. The van der Waals surface area contributed by atoms with Crippen molar-refractivity contribution in [3.05, 3.63) is 29.3 Å². The fourth-order valence-electron chi connectivity index (χ4n) is 2.40. The van der Waals surface area contributed by atoms with Gasteiger partial charge >= 0.3 is 0 Å². The fourth-order valence-corrected chi connectivity index (χ4v) is 2.40. The molecule has 1 amide bonds. The second-order valence-corrected chi connectivity index (χ2v) is 4.62. The van der Waals surface area contributed by atoms with Gasteiger partial charge in [0, 0.05) is 31.8 Å². The number of nitrogens with zero attached hydrogens (tertiary/aromatic N) is 1. The predicted octanol–water partition coefficient (Wildman–Crippen LogP) is 1.07. The van der Waals surface area contributed by atoms with E-state index >= 15 is 0 Å². The molecule has 0 saturated carbocycles. The molecule has 0 saturated heterocycles. The first-order valence-electron chi connectivity index (χ1n) is 6.44. The molecule has 2 rings (SSSR count). The molecule has 0 aromatic heterocycles. The number of benzene rings is 1. The highest BCUT2D eigenvalue weighted by atomic mass is 16.3. The van der Waals surface area contributed by atoms with E-state index in [1.54, 1.807) is 4.90 Å². The van der Waals surface area contributed by atoms with Crippen molar-refractivity contribution in [2.45, 2.75) is 25.8 Å². The van der Waals surface area contributed by atoms with E-state index in [9.17, 15) is 4.79 Å². The molecule has 0 bridgehead atoms. The maximum Gasteiger partial charge on any atom is 0.227 e. The summed E-state index contributed by atoms with van der Waals surface area (Å²) in [6, 6.07) is 6.25. The number of nitrogens with one attached hydrogen (secondary N) is 1. The Kier molecular flexibility index (Phi) is 4.33. The lowest BCUT2D eigenvalue weighted by Crippen LogP contribution is -2.36. The number of carbonyl (C=O) groups is 1. The van der Waals surface area contributed by atoms with Gasteiger partial charge in [-0.05, 0) is 37.1 Å². The highest BCUT2D eigenvalue weighted by Gasteiger charge is 2.23. The first kappa shape index (κ1) is 13.1. The number of rotatable bonds is 5. The molecular weight excluding hydrogens is 228 g/mol. The van der Waals surface area contributed by atoms with Crippen LogP contribution < -0.4 is 10.2 Å². The molecule has 1 aliphatic rings. The van der Waals surface area contributed by atoms with Crippen molar-refractivity contribution in [2.75, 3.05) is 25.1 Å². The number of aryl methyl sites for hydroxylation is 1. The Balaban J connectivity index is 2.24. The molecule has 1 aromatic carbocycles. The van der Waals surface area contributed by atoms with Gasteiger partial charge in [-0.25, -0.2) is 0 Å². The van der Waals surface area contributed by atoms with Crippen LogP contribution in [-0.2, 0) is 17.8 Å². The van der Waals surface area contributed by atoms with Crippen molar-refractivity contribution in [3.8, 4) is 0 Å². The van der Waals surface area contributed by atoms with E-state index in [4.69, 9.17) is 5.11 Å². The van der Waals surface area contributed by atoms with E-state index in [0.29, 0.717) is 19.4 Å². The molecule has 98 valence electrons. The molecule has 1 aliphatic heterocycles. The molecule has 1 heterocycles. The Hall–Kier alpha value is -1.39. The maximum atomic E-state index is 11.9. The Morgan fingerprint density at radius 3 is 2.94 bits per heavy atom. The van der Waals surface area contributed by atoms with Crippen molar-refractivity contribution in [1.29, 1.82) is 0 Å². The molecule has 0 atom stereocenters. The van der Waals surface area contributed by atoms with Gasteiger partial charge in [0.1, 0.15) is 0 Å². The maximum absolute atomic E-state index is 11.9. The van der Waals surface area contributed by atoms with Crippen LogP contribution in [0.3, 0.4) is 0 Å². The largest absolute Gasteiger partial charge is 0.396 e. The molecule has 0 aliphatic carbocycles. The highest BCUT2D eigenvalue weighted by molar-refractivity contribution is 5.96. The van der Waals surface area contributed by atoms with E-state index in [1.165, 1.54) is 11.1 Å². The quantitative estimate of drug-likeness (QED) is 0.819. The van der Waals surface area contributed by atoms with Crippen molar-refractivity contribution < 1.29 is 9.90 Å². The summed E-state index contributed by atoms with van der Waals surface area (Å²) in [5, 5.41) is 12.0. The zero-order chi connectivity index (χ0) is 13.0. The highest BCUT2D eigenvalue weighted by Crippen LogP contribution is 2.28. The summed E-state index contributed by atoms with van der Waals surface area (Å²) in [6.45, 7) is 1.57. The lowest BCUT2D eigenvalue weighted by atomic mass is 9.98. The van der Waals surface area contributed by atoms with Gasteiger partial charge in [0.2, 0.25) is 5.91 Å². The molecule has 0 unspecified atom stereocenters. The fraction of sp³-hybridized carbons (Fsp3) is 0.500. The van der Waals surface area contributed by atoms with Crippen LogP contribution >= 0.6 is 0 Å². The molecular formula is C14H20N2O2. The normalized spacial score (nSPS) is 14.8. The second-order valence-electron chi connectivity index (χ2n) is 4.62. The average molecular weight is 248 g/mol. The number of hydrogen-bond acceptors (Lipinski definition) is 3. The first-order chi connectivity index (χ1) is 8.76. The monoisotopic (exact) mass is 248 g/mol. The van der Waals surface area contributed by atoms with Crippen LogP contribution in [0.5, 0.6) is 0 Å². The summed E-state index contributed by atoms with van der Waals surface area (Å²) in [4.78, 5) is 13.7. The summed E-state index contributed by atoms with van der Waals surface area (Å²) in [5.41, 5.74) is 3.49. The molecule has 1 aromatic rings. The number of amides is 1. The molecule has 0 fully saturated rings. The molecule has 0 radical (unpaired) electrons. The number of anilines is 1. The average Bonchev–Trinajstić information content (AvgIpc) is 2.38. The molecule has 18 heavy (non-hydrogen) atoms. The summed E-state index contributed by atoms with van der Waals surface area (Å²) < 4.78 is 0. The predicted molar refractivity (Wildman–Crippen MR) is 71.6 cm³/mol. The van der Waals surface area contributed by atoms with Gasteiger partial charge in [-0.1, -0.05) is 12.1 Å². The van der Waals surface area contributed by atoms with Gasteiger partial charge in [-0.15, -0.1) is 0 Å². The van der Waals surface area contributed by atoms with Crippen LogP contribution in [0, 0.1) is 0 Å². The van der Waals surface area contributed by atoms with Gasteiger partial charge in [0.15, 0.2) is 0 Å². The van der Waals surface area contributed by atoms with Crippen LogP contribution in [-0.4, -0.2) is 31.2 Å². The summed E-state index contributed by atoms with van der Waals surface area (Å²) in [5.74, 6) is 0.164. The Morgan fingerprint density at radius 2 is 2.22 bits per heavy atom.